The standard InChI is InChI=1S/C32H29NO3/c1-5-22-13-15-24(16-14-22)33-30(34)17-20(2)27-18-28-29(19-36-32(28)21(3)31(27)35-4)26-12-8-10-23-9-6-7-11-25(23)26/h6-19H,5H2,1-4H3,(H,33,34)/b20-17+. The minimum Gasteiger partial charge on any atom is -0.496 e. The predicted molar refractivity (Wildman–Crippen MR) is 149 cm³/mol. The Morgan fingerprint density at radius 2 is 1.72 bits per heavy atom. The number of hydrogen-bond acceptors (Lipinski definition) is 3. The lowest BCUT2D eigenvalue weighted by molar-refractivity contribution is -0.111. The maximum Gasteiger partial charge on any atom is 0.248 e. The molecule has 1 aromatic heterocycles. The van der Waals surface area contributed by atoms with Crippen LogP contribution in [0.1, 0.15) is 30.5 Å². The number of rotatable bonds is 6. The summed E-state index contributed by atoms with van der Waals surface area (Å²) in [5, 5.41) is 6.29. The molecule has 0 saturated carbocycles. The van der Waals surface area contributed by atoms with E-state index >= 15 is 0 Å². The first-order chi connectivity index (χ1) is 17.5. The maximum absolute atomic E-state index is 12.8. The molecule has 180 valence electrons. The number of ether oxygens (including phenoxy) is 1. The van der Waals surface area contributed by atoms with Gasteiger partial charge >= 0.3 is 0 Å². The zero-order chi connectivity index (χ0) is 25.2. The minimum absolute atomic E-state index is 0.182. The lowest BCUT2D eigenvalue weighted by Crippen LogP contribution is -2.08. The molecule has 0 spiro atoms. The second kappa shape index (κ2) is 9.74. The van der Waals surface area contributed by atoms with Gasteiger partial charge in [0.2, 0.25) is 5.91 Å². The molecule has 1 amide bonds. The predicted octanol–water partition coefficient (Wildman–Crippen LogP) is 8.17. The van der Waals surface area contributed by atoms with Gasteiger partial charge in [0.15, 0.2) is 0 Å². The number of hydrogen-bond donors (Lipinski definition) is 1. The number of methoxy groups -OCH3 is 1. The number of allylic oxidation sites excluding steroid dienone is 1. The summed E-state index contributed by atoms with van der Waals surface area (Å²) in [6.45, 7) is 6.03. The van der Waals surface area contributed by atoms with Crippen LogP contribution in [0.25, 0.3) is 38.4 Å². The highest BCUT2D eigenvalue weighted by atomic mass is 16.5. The SMILES string of the molecule is CCc1ccc(NC(=O)/C=C(\C)c2cc3c(-c4cccc5ccccc45)coc3c(C)c2OC)cc1. The molecular weight excluding hydrogens is 446 g/mol. The minimum atomic E-state index is -0.182. The van der Waals surface area contributed by atoms with Gasteiger partial charge in [-0.25, -0.2) is 0 Å². The molecule has 0 aliphatic heterocycles. The zero-order valence-electron chi connectivity index (χ0n) is 21.0. The van der Waals surface area contributed by atoms with Crippen LogP contribution in [0.4, 0.5) is 5.69 Å². The monoisotopic (exact) mass is 475 g/mol. The van der Waals surface area contributed by atoms with Crippen molar-refractivity contribution in [2.75, 3.05) is 12.4 Å². The first kappa shape index (κ1) is 23.4. The van der Waals surface area contributed by atoms with Gasteiger partial charge in [-0.3, -0.25) is 4.79 Å². The number of benzene rings is 4. The van der Waals surface area contributed by atoms with Gasteiger partial charge in [0.05, 0.1) is 13.4 Å². The summed E-state index contributed by atoms with van der Waals surface area (Å²) in [5.74, 6) is 0.521. The molecule has 0 atom stereocenters. The molecule has 0 aliphatic rings. The number of carbonyl (C=O) groups is 1. The number of amides is 1. The van der Waals surface area contributed by atoms with Gasteiger partial charge in [-0.2, -0.15) is 0 Å². The summed E-state index contributed by atoms with van der Waals surface area (Å²) in [6.07, 6.45) is 4.40. The van der Waals surface area contributed by atoms with E-state index in [1.165, 1.54) is 16.3 Å². The van der Waals surface area contributed by atoms with E-state index < -0.39 is 0 Å². The van der Waals surface area contributed by atoms with E-state index in [4.69, 9.17) is 9.15 Å². The fraction of sp³-hybridized carbons (Fsp3) is 0.156. The van der Waals surface area contributed by atoms with E-state index in [1.54, 1.807) is 13.2 Å². The molecule has 1 heterocycles. The molecule has 5 aromatic rings. The van der Waals surface area contributed by atoms with Crippen molar-refractivity contribution in [1.82, 2.24) is 0 Å². The molecule has 0 aliphatic carbocycles. The Kier molecular flexibility index (Phi) is 6.34. The van der Waals surface area contributed by atoms with Crippen LogP contribution in [0.3, 0.4) is 0 Å². The van der Waals surface area contributed by atoms with Crippen LogP contribution in [0, 0.1) is 6.92 Å². The van der Waals surface area contributed by atoms with Crippen molar-refractivity contribution in [1.29, 1.82) is 0 Å². The average molecular weight is 476 g/mol. The number of carbonyl (C=O) groups excluding carboxylic acids is 1. The van der Waals surface area contributed by atoms with Gasteiger partial charge in [0, 0.05) is 33.8 Å². The molecule has 1 N–H and O–H groups in total. The van der Waals surface area contributed by atoms with Crippen LogP contribution in [0.2, 0.25) is 0 Å². The van der Waals surface area contributed by atoms with Crippen molar-refractivity contribution in [3.8, 4) is 16.9 Å². The second-order valence-corrected chi connectivity index (χ2v) is 9.00. The molecule has 36 heavy (non-hydrogen) atoms. The Hall–Kier alpha value is -4.31. The van der Waals surface area contributed by atoms with Crippen molar-refractivity contribution in [3.63, 3.8) is 0 Å². The third-order valence-electron chi connectivity index (χ3n) is 6.73. The number of aryl methyl sites for hydroxylation is 2. The summed E-state index contributed by atoms with van der Waals surface area (Å²) in [6, 6.07) is 24.6. The van der Waals surface area contributed by atoms with Gasteiger partial charge in [-0.1, -0.05) is 61.5 Å². The molecule has 0 unspecified atom stereocenters. The van der Waals surface area contributed by atoms with Crippen molar-refractivity contribution in [3.05, 3.63) is 102 Å². The van der Waals surface area contributed by atoms with Crippen molar-refractivity contribution in [2.24, 2.45) is 0 Å². The molecule has 5 rings (SSSR count). The van der Waals surface area contributed by atoms with Crippen LogP contribution in [-0.4, -0.2) is 13.0 Å². The molecule has 4 heteroatoms. The van der Waals surface area contributed by atoms with E-state index in [2.05, 4.69) is 54.7 Å². The Balaban J connectivity index is 1.57. The van der Waals surface area contributed by atoms with Crippen LogP contribution in [0.5, 0.6) is 5.75 Å². The molecular formula is C32H29NO3. The first-order valence-corrected chi connectivity index (χ1v) is 12.2. The summed E-state index contributed by atoms with van der Waals surface area (Å²) in [4.78, 5) is 12.8. The Morgan fingerprint density at radius 3 is 2.47 bits per heavy atom. The number of nitrogens with one attached hydrogen (secondary N) is 1. The van der Waals surface area contributed by atoms with Crippen molar-refractivity contribution < 1.29 is 13.9 Å². The molecule has 0 saturated heterocycles. The summed E-state index contributed by atoms with van der Waals surface area (Å²) in [7, 11) is 1.65. The Labute approximate surface area is 211 Å². The quantitative estimate of drug-likeness (QED) is 0.252. The molecule has 0 radical (unpaired) electrons. The van der Waals surface area contributed by atoms with Crippen LogP contribution < -0.4 is 10.1 Å². The van der Waals surface area contributed by atoms with Gasteiger partial charge in [-0.15, -0.1) is 0 Å². The Bertz CT molecular complexity index is 1600. The maximum atomic E-state index is 12.8. The molecule has 4 nitrogen and oxygen atoms in total. The Morgan fingerprint density at radius 1 is 0.972 bits per heavy atom. The van der Waals surface area contributed by atoms with Crippen molar-refractivity contribution in [2.45, 2.75) is 27.2 Å². The largest absolute Gasteiger partial charge is 0.496 e. The lowest BCUT2D eigenvalue weighted by atomic mass is 9.94. The summed E-state index contributed by atoms with van der Waals surface area (Å²) < 4.78 is 11.8. The fourth-order valence-electron chi connectivity index (χ4n) is 4.82. The highest BCUT2D eigenvalue weighted by molar-refractivity contribution is 6.08. The molecule has 4 aromatic carbocycles. The number of anilines is 1. The second-order valence-electron chi connectivity index (χ2n) is 9.00. The smallest absolute Gasteiger partial charge is 0.248 e. The van der Waals surface area contributed by atoms with Gasteiger partial charge < -0.3 is 14.5 Å². The van der Waals surface area contributed by atoms with E-state index in [9.17, 15) is 4.79 Å². The van der Waals surface area contributed by atoms with E-state index in [0.29, 0.717) is 5.75 Å². The number of fused-ring (bicyclic) bond motifs is 2. The lowest BCUT2D eigenvalue weighted by Gasteiger charge is -2.14. The summed E-state index contributed by atoms with van der Waals surface area (Å²) >= 11 is 0. The van der Waals surface area contributed by atoms with E-state index in [0.717, 1.165) is 50.9 Å². The topological polar surface area (TPSA) is 51.5 Å². The van der Waals surface area contributed by atoms with Crippen LogP contribution in [0.15, 0.2) is 89.6 Å². The fourth-order valence-corrected chi connectivity index (χ4v) is 4.82. The van der Waals surface area contributed by atoms with Gasteiger partial charge in [-0.05, 0) is 65.9 Å². The highest BCUT2D eigenvalue weighted by Crippen LogP contribution is 2.42. The molecule has 0 fully saturated rings. The van der Waals surface area contributed by atoms with Crippen LogP contribution >= 0.6 is 0 Å². The van der Waals surface area contributed by atoms with Gasteiger partial charge in [0.1, 0.15) is 11.3 Å². The third kappa shape index (κ3) is 4.27. The van der Waals surface area contributed by atoms with Crippen LogP contribution in [-0.2, 0) is 11.2 Å². The normalized spacial score (nSPS) is 11.7. The van der Waals surface area contributed by atoms with E-state index in [1.807, 2.05) is 50.4 Å². The van der Waals surface area contributed by atoms with E-state index in [-0.39, 0.29) is 5.91 Å². The number of furan rings is 1. The third-order valence-corrected chi connectivity index (χ3v) is 6.73. The van der Waals surface area contributed by atoms with Crippen molar-refractivity contribution >= 4 is 38.9 Å². The first-order valence-electron chi connectivity index (χ1n) is 12.2. The summed E-state index contributed by atoms with van der Waals surface area (Å²) in [5.41, 5.74) is 7.49. The average Bonchev–Trinajstić information content (AvgIpc) is 3.32. The zero-order valence-corrected chi connectivity index (χ0v) is 21.0. The molecule has 0 bridgehead atoms. The van der Waals surface area contributed by atoms with Gasteiger partial charge in [0.25, 0.3) is 0 Å². The highest BCUT2D eigenvalue weighted by Gasteiger charge is 2.19.